The SMILES string of the molecule is CC(C)(C)c1csc(NS(=O)(=O)CCN)n1. The fraction of sp³-hybridized carbons (Fsp3) is 0.667. The molecule has 0 saturated carbocycles. The van der Waals surface area contributed by atoms with E-state index in [1.54, 1.807) is 0 Å². The highest BCUT2D eigenvalue weighted by molar-refractivity contribution is 7.92. The van der Waals surface area contributed by atoms with Crippen molar-refractivity contribution in [1.29, 1.82) is 0 Å². The van der Waals surface area contributed by atoms with Gasteiger partial charge in [-0.05, 0) is 0 Å². The van der Waals surface area contributed by atoms with Crippen molar-refractivity contribution in [3.8, 4) is 0 Å². The lowest BCUT2D eigenvalue weighted by Crippen LogP contribution is -2.22. The first kappa shape index (κ1) is 13.4. The molecule has 0 aliphatic carbocycles. The molecule has 5 nitrogen and oxygen atoms in total. The molecule has 0 spiro atoms. The number of hydrogen-bond donors (Lipinski definition) is 2. The molecule has 16 heavy (non-hydrogen) atoms. The lowest BCUT2D eigenvalue weighted by molar-refractivity contribution is 0.573. The van der Waals surface area contributed by atoms with Gasteiger partial charge >= 0.3 is 0 Å². The van der Waals surface area contributed by atoms with E-state index in [0.717, 1.165) is 5.69 Å². The van der Waals surface area contributed by atoms with Gasteiger partial charge in [0, 0.05) is 17.3 Å². The maximum Gasteiger partial charge on any atom is 0.235 e. The minimum atomic E-state index is -3.34. The monoisotopic (exact) mass is 263 g/mol. The molecule has 0 aliphatic heterocycles. The summed E-state index contributed by atoms with van der Waals surface area (Å²) in [5, 5.41) is 2.26. The summed E-state index contributed by atoms with van der Waals surface area (Å²) in [6.45, 7) is 6.19. The Labute approximate surface area is 100 Å². The number of nitrogens with zero attached hydrogens (tertiary/aromatic N) is 1. The predicted molar refractivity (Wildman–Crippen MR) is 67.3 cm³/mol. The molecule has 0 bridgehead atoms. The Bertz CT molecular complexity index is 446. The van der Waals surface area contributed by atoms with Gasteiger partial charge in [-0.3, -0.25) is 4.72 Å². The van der Waals surface area contributed by atoms with Crippen LogP contribution in [0.2, 0.25) is 0 Å². The Kier molecular flexibility index (Phi) is 3.92. The first-order valence-corrected chi connectivity index (χ1v) is 7.44. The second-order valence-electron chi connectivity index (χ2n) is 4.50. The molecule has 0 unspecified atom stereocenters. The molecule has 0 aliphatic rings. The zero-order chi connectivity index (χ0) is 12.4. The standard InChI is InChI=1S/C9H17N3O2S2/c1-9(2,3)7-6-15-8(11-7)12-16(13,14)5-4-10/h6H,4-5,10H2,1-3H3,(H,11,12). The number of nitrogens with two attached hydrogens (primary N) is 1. The first-order chi connectivity index (χ1) is 7.24. The minimum Gasteiger partial charge on any atom is -0.329 e. The molecule has 0 aromatic carbocycles. The van der Waals surface area contributed by atoms with Crippen LogP contribution >= 0.6 is 11.3 Å². The van der Waals surface area contributed by atoms with Gasteiger partial charge in [-0.1, -0.05) is 20.8 Å². The third-order valence-corrected chi connectivity index (χ3v) is 4.07. The van der Waals surface area contributed by atoms with Gasteiger partial charge in [-0.2, -0.15) is 0 Å². The molecule has 0 amide bonds. The van der Waals surface area contributed by atoms with E-state index in [0.29, 0.717) is 5.13 Å². The molecule has 1 heterocycles. The average molecular weight is 263 g/mol. The topological polar surface area (TPSA) is 85.1 Å². The molecule has 7 heteroatoms. The average Bonchev–Trinajstić information content (AvgIpc) is 2.50. The van der Waals surface area contributed by atoms with Crippen LogP contribution in [0.5, 0.6) is 0 Å². The van der Waals surface area contributed by atoms with E-state index < -0.39 is 10.0 Å². The van der Waals surface area contributed by atoms with Crippen LogP contribution in [-0.2, 0) is 15.4 Å². The highest BCUT2D eigenvalue weighted by atomic mass is 32.2. The van der Waals surface area contributed by atoms with Crippen LogP contribution in [0.15, 0.2) is 5.38 Å². The Morgan fingerprint density at radius 3 is 2.56 bits per heavy atom. The van der Waals surface area contributed by atoms with Crippen molar-refractivity contribution in [2.45, 2.75) is 26.2 Å². The molecule has 0 fully saturated rings. The molecule has 1 aromatic heterocycles. The van der Waals surface area contributed by atoms with Crippen molar-refractivity contribution in [1.82, 2.24) is 4.98 Å². The second kappa shape index (κ2) is 4.68. The van der Waals surface area contributed by atoms with Crippen molar-refractivity contribution >= 4 is 26.5 Å². The quantitative estimate of drug-likeness (QED) is 0.853. The summed E-state index contributed by atoms with van der Waals surface area (Å²) < 4.78 is 25.3. The summed E-state index contributed by atoms with van der Waals surface area (Å²) >= 11 is 1.29. The largest absolute Gasteiger partial charge is 0.329 e. The zero-order valence-corrected chi connectivity index (χ0v) is 11.3. The first-order valence-electron chi connectivity index (χ1n) is 4.91. The van der Waals surface area contributed by atoms with Gasteiger partial charge in [0.05, 0.1) is 11.4 Å². The number of anilines is 1. The lowest BCUT2D eigenvalue weighted by atomic mass is 9.93. The second-order valence-corrected chi connectivity index (χ2v) is 7.20. The van der Waals surface area contributed by atoms with Crippen LogP contribution in [0.4, 0.5) is 5.13 Å². The fourth-order valence-electron chi connectivity index (χ4n) is 1.00. The van der Waals surface area contributed by atoms with E-state index in [2.05, 4.69) is 9.71 Å². The van der Waals surface area contributed by atoms with Gasteiger partial charge in [0.1, 0.15) is 0 Å². The van der Waals surface area contributed by atoms with Gasteiger partial charge in [0.2, 0.25) is 10.0 Å². The third kappa shape index (κ3) is 3.73. The Hall–Kier alpha value is -0.660. The normalized spacial score (nSPS) is 12.8. The highest BCUT2D eigenvalue weighted by Crippen LogP contribution is 2.26. The van der Waals surface area contributed by atoms with Crippen LogP contribution in [0.1, 0.15) is 26.5 Å². The highest BCUT2D eigenvalue weighted by Gasteiger charge is 2.19. The van der Waals surface area contributed by atoms with Gasteiger partial charge in [-0.15, -0.1) is 11.3 Å². The van der Waals surface area contributed by atoms with Crippen LogP contribution in [0, 0.1) is 0 Å². The van der Waals surface area contributed by atoms with Crippen molar-refractivity contribution < 1.29 is 8.42 Å². The van der Waals surface area contributed by atoms with E-state index >= 15 is 0 Å². The zero-order valence-electron chi connectivity index (χ0n) is 9.65. The summed E-state index contributed by atoms with van der Waals surface area (Å²) in [5.41, 5.74) is 6.01. The maximum absolute atomic E-state index is 11.4. The number of sulfonamides is 1. The van der Waals surface area contributed by atoms with Crippen molar-refractivity contribution in [3.05, 3.63) is 11.1 Å². The maximum atomic E-state index is 11.4. The van der Waals surface area contributed by atoms with E-state index in [1.165, 1.54) is 11.3 Å². The summed E-state index contributed by atoms with van der Waals surface area (Å²) in [6.07, 6.45) is 0. The number of rotatable bonds is 4. The number of nitrogens with one attached hydrogen (secondary N) is 1. The number of hydrogen-bond acceptors (Lipinski definition) is 5. The summed E-state index contributed by atoms with van der Waals surface area (Å²) in [6, 6.07) is 0. The molecule has 0 radical (unpaired) electrons. The van der Waals surface area contributed by atoms with Crippen molar-refractivity contribution in [2.24, 2.45) is 5.73 Å². The van der Waals surface area contributed by atoms with Crippen LogP contribution < -0.4 is 10.5 Å². The van der Waals surface area contributed by atoms with Crippen LogP contribution in [-0.4, -0.2) is 25.7 Å². The summed E-state index contributed by atoms with van der Waals surface area (Å²) in [4.78, 5) is 4.24. The van der Waals surface area contributed by atoms with E-state index in [9.17, 15) is 8.42 Å². The molecular weight excluding hydrogens is 246 g/mol. The molecule has 0 atom stereocenters. The molecule has 1 rings (SSSR count). The van der Waals surface area contributed by atoms with E-state index in [-0.39, 0.29) is 17.7 Å². The van der Waals surface area contributed by atoms with Crippen LogP contribution in [0.3, 0.4) is 0 Å². The molecule has 3 N–H and O–H groups in total. The van der Waals surface area contributed by atoms with Gasteiger partial charge in [-0.25, -0.2) is 13.4 Å². The lowest BCUT2D eigenvalue weighted by Gasteiger charge is -2.14. The van der Waals surface area contributed by atoms with Gasteiger partial charge < -0.3 is 5.73 Å². The predicted octanol–water partition coefficient (Wildman–Crippen LogP) is 1.14. The fourth-order valence-corrected chi connectivity index (χ4v) is 3.08. The van der Waals surface area contributed by atoms with Crippen molar-refractivity contribution in [2.75, 3.05) is 17.0 Å². The third-order valence-electron chi connectivity index (χ3n) is 1.90. The molecular formula is C9H17N3O2S2. The Balaban J connectivity index is 2.81. The number of thiazole rings is 1. The van der Waals surface area contributed by atoms with E-state index in [1.807, 2.05) is 26.2 Å². The molecule has 92 valence electrons. The van der Waals surface area contributed by atoms with Gasteiger partial charge in [0.25, 0.3) is 0 Å². The molecule has 0 saturated heterocycles. The smallest absolute Gasteiger partial charge is 0.235 e. The van der Waals surface area contributed by atoms with E-state index in [4.69, 9.17) is 5.73 Å². The van der Waals surface area contributed by atoms with Crippen molar-refractivity contribution in [3.63, 3.8) is 0 Å². The Morgan fingerprint density at radius 1 is 1.50 bits per heavy atom. The Morgan fingerprint density at radius 2 is 2.12 bits per heavy atom. The minimum absolute atomic E-state index is 0.0753. The summed E-state index contributed by atoms with van der Waals surface area (Å²) in [7, 11) is -3.34. The summed E-state index contributed by atoms with van der Waals surface area (Å²) in [5.74, 6) is -0.0859. The number of aromatic nitrogens is 1. The van der Waals surface area contributed by atoms with Crippen LogP contribution in [0.25, 0.3) is 0 Å². The van der Waals surface area contributed by atoms with Gasteiger partial charge in [0.15, 0.2) is 5.13 Å². The molecule has 1 aromatic rings.